The van der Waals surface area contributed by atoms with Crippen LogP contribution in [0.1, 0.15) is 58.4 Å². The summed E-state index contributed by atoms with van der Waals surface area (Å²) in [6.07, 6.45) is 7.89. The minimum absolute atomic E-state index is 0.467. The molecule has 1 aliphatic carbocycles. The summed E-state index contributed by atoms with van der Waals surface area (Å²) >= 11 is 0. The normalized spacial score (nSPS) is 26.6. The van der Waals surface area contributed by atoms with E-state index in [1.54, 1.807) is 0 Å². The molecule has 2 rings (SSSR count). The van der Waals surface area contributed by atoms with E-state index in [2.05, 4.69) is 56.3 Å². The summed E-state index contributed by atoms with van der Waals surface area (Å²) in [6.45, 7) is 10.4. The van der Waals surface area contributed by atoms with Gasteiger partial charge in [0.15, 0.2) is 0 Å². The molecule has 0 amide bonds. The Hall–Kier alpha value is -0.890. The van der Waals surface area contributed by atoms with Crippen LogP contribution in [-0.4, -0.2) is 17.6 Å². The summed E-state index contributed by atoms with van der Waals surface area (Å²) in [5, 5.41) is 3.62. The minimum Gasteiger partial charge on any atom is -0.314 e. The summed E-state index contributed by atoms with van der Waals surface area (Å²) < 4.78 is 0. The number of nitrogens with zero attached hydrogens (tertiary/aromatic N) is 1. The van der Waals surface area contributed by atoms with E-state index in [1.165, 1.54) is 24.8 Å². The number of pyridine rings is 1. The van der Waals surface area contributed by atoms with Gasteiger partial charge < -0.3 is 5.32 Å². The Morgan fingerprint density at radius 2 is 2.21 bits per heavy atom. The Balaban J connectivity index is 2.12. The third kappa shape index (κ3) is 4.04. The molecule has 1 heterocycles. The van der Waals surface area contributed by atoms with Crippen LogP contribution in [0.25, 0.3) is 0 Å². The Kier molecular flexibility index (Phi) is 4.62. The van der Waals surface area contributed by atoms with Crippen LogP contribution in [0.3, 0.4) is 0 Å². The van der Waals surface area contributed by atoms with Gasteiger partial charge in [-0.05, 0) is 54.7 Å². The second-order valence-corrected chi connectivity index (χ2v) is 7.12. The van der Waals surface area contributed by atoms with E-state index in [1.807, 2.05) is 6.20 Å². The number of nitrogens with one attached hydrogen (secondary N) is 1. The number of rotatable bonds is 4. The molecule has 106 valence electrons. The fourth-order valence-electron chi connectivity index (χ4n) is 3.26. The minimum atomic E-state index is 0.467. The van der Waals surface area contributed by atoms with Crippen molar-refractivity contribution >= 4 is 0 Å². The van der Waals surface area contributed by atoms with Crippen LogP contribution >= 0.6 is 0 Å². The van der Waals surface area contributed by atoms with Crippen molar-refractivity contribution in [3.63, 3.8) is 0 Å². The van der Waals surface area contributed by atoms with E-state index in [9.17, 15) is 0 Å². The molecule has 1 aliphatic rings. The lowest BCUT2D eigenvalue weighted by molar-refractivity contribution is 0.158. The highest BCUT2D eigenvalue weighted by molar-refractivity contribution is 5.17. The molecule has 0 spiro atoms. The van der Waals surface area contributed by atoms with Gasteiger partial charge in [0, 0.05) is 18.4 Å². The molecule has 1 aromatic rings. The van der Waals surface area contributed by atoms with Gasteiger partial charge in [0.05, 0.1) is 0 Å². The van der Waals surface area contributed by atoms with Crippen LogP contribution in [0, 0.1) is 11.3 Å². The maximum atomic E-state index is 4.32. The average Bonchev–Trinajstić information content (AvgIpc) is 2.37. The van der Waals surface area contributed by atoms with Crippen molar-refractivity contribution < 1.29 is 0 Å². The van der Waals surface area contributed by atoms with Gasteiger partial charge in [-0.25, -0.2) is 0 Å². The first-order chi connectivity index (χ1) is 8.98. The molecule has 2 unspecified atom stereocenters. The Morgan fingerprint density at radius 3 is 2.84 bits per heavy atom. The molecule has 1 aromatic heterocycles. The summed E-state index contributed by atoms with van der Waals surface area (Å²) in [5.41, 5.74) is 1.89. The first-order valence-corrected chi connectivity index (χ1v) is 7.61. The van der Waals surface area contributed by atoms with Gasteiger partial charge in [-0.2, -0.15) is 0 Å². The van der Waals surface area contributed by atoms with Crippen molar-refractivity contribution in [3.05, 3.63) is 30.1 Å². The highest BCUT2D eigenvalue weighted by Crippen LogP contribution is 2.46. The van der Waals surface area contributed by atoms with Gasteiger partial charge in [0.25, 0.3) is 0 Å². The van der Waals surface area contributed by atoms with Crippen molar-refractivity contribution in [2.75, 3.05) is 6.54 Å². The van der Waals surface area contributed by atoms with E-state index in [0.717, 1.165) is 12.5 Å². The van der Waals surface area contributed by atoms with Gasteiger partial charge in [-0.1, -0.05) is 33.8 Å². The number of aromatic nitrogens is 1. The lowest BCUT2D eigenvalue weighted by atomic mass is 9.65. The second kappa shape index (κ2) is 6.04. The molecule has 0 aromatic carbocycles. The van der Waals surface area contributed by atoms with E-state index in [-0.39, 0.29) is 0 Å². The molecule has 1 N–H and O–H groups in total. The van der Waals surface area contributed by atoms with Gasteiger partial charge in [-0.3, -0.25) is 4.98 Å². The molecular formula is C17H28N2. The molecule has 0 bridgehead atoms. The molecule has 0 radical (unpaired) electrons. The van der Waals surface area contributed by atoms with Crippen molar-refractivity contribution in [1.82, 2.24) is 10.3 Å². The molecule has 1 saturated carbocycles. The first kappa shape index (κ1) is 14.5. The summed E-state index contributed by atoms with van der Waals surface area (Å²) in [5.74, 6) is 1.41. The summed E-state index contributed by atoms with van der Waals surface area (Å²) in [6, 6.07) is 4.90. The SMILES string of the molecule is CC(C)NCC1CCC(C)(C)CC1c1cccnc1. The molecule has 19 heavy (non-hydrogen) atoms. The Bertz CT molecular complexity index is 382. The third-order valence-electron chi connectivity index (χ3n) is 4.43. The van der Waals surface area contributed by atoms with Crippen LogP contribution in [0.2, 0.25) is 0 Å². The zero-order chi connectivity index (χ0) is 13.9. The topological polar surface area (TPSA) is 24.9 Å². The van der Waals surface area contributed by atoms with Gasteiger partial charge >= 0.3 is 0 Å². The molecule has 0 saturated heterocycles. The average molecular weight is 260 g/mol. The highest BCUT2D eigenvalue weighted by atomic mass is 14.9. The zero-order valence-corrected chi connectivity index (χ0v) is 12.8. The Morgan fingerprint density at radius 1 is 1.42 bits per heavy atom. The number of hydrogen-bond donors (Lipinski definition) is 1. The van der Waals surface area contributed by atoms with Crippen molar-refractivity contribution in [2.45, 2.75) is 58.9 Å². The fourth-order valence-corrected chi connectivity index (χ4v) is 3.26. The molecule has 0 aliphatic heterocycles. The van der Waals surface area contributed by atoms with E-state index >= 15 is 0 Å². The predicted molar refractivity (Wildman–Crippen MR) is 81.2 cm³/mol. The van der Waals surface area contributed by atoms with Crippen LogP contribution in [0.4, 0.5) is 0 Å². The molecule has 1 fully saturated rings. The molecule has 2 atom stereocenters. The van der Waals surface area contributed by atoms with E-state index in [0.29, 0.717) is 17.4 Å². The maximum Gasteiger partial charge on any atom is 0.0302 e. The molecule has 2 heteroatoms. The summed E-state index contributed by atoms with van der Waals surface area (Å²) in [4.78, 5) is 4.32. The first-order valence-electron chi connectivity index (χ1n) is 7.61. The Labute approximate surface area is 118 Å². The van der Waals surface area contributed by atoms with Crippen LogP contribution in [-0.2, 0) is 0 Å². The van der Waals surface area contributed by atoms with Crippen LogP contribution in [0.5, 0.6) is 0 Å². The zero-order valence-electron chi connectivity index (χ0n) is 12.8. The smallest absolute Gasteiger partial charge is 0.0302 e. The highest BCUT2D eigenvalue weighted by Gasteiger charge is 2.35. The monoisotopic (exact) mass is 260 g/mol. The van der Waals surface area contributed by atoms with Crippen molar-refractivity contribution in [1.29, 1.82) is 0 Å². The largest absolute Gasteiger partial charge is 0.314 e. The fraction of sp³-hybridized carbons (Fsp3) is 0.706. The predicted octanol–water partition coefficient (Wildman–Crippen LogP) is 3.99. The van der Waals surface area contributed by atoms with Gasteiger partial charge in [-0.15, -0.1) is 0 Å². The van der Waals surface area contributed by atoms with E-state index < -0.39 is 0 Å². The van der Waals surface area contributed by atoms with E-state index in [4.69, 9.17) is 0 Å². The van der Waals surface area contributed by atoms with Gasteiger partial charge in [0.1, 0.15) is 0 Å². The standard InChI is InChI=1S/C17H28N2/c1-13(2)19-12-15-7-8-17(3,4)10-16(15)14-6-5-9-18-11-14/h5-6,9,11,13,15-16,19H,7-8,10,12H2,1-4H3. The lowest BCUT2D eigenvalue weighted by Gasteiger charge is -2.41. The quantitative estimate of drug-likeness (QED) is 0.885. The summed E-state index contributed by atoms with van der Waals surface area (Å²) in [7, 11) is 0. The maximum absolute atomic E-state index is 4.32. The van der Waals surface area contributed by atoms with Crippen LogP contribution in [0.15, 0.2) is 24.5 Å². The second-order valence-electron chi connectivity index (χ2n) is 7.12. The lowest BCUT2D eigenvalue weighted by Crippen LogP contribution is -2.37. The number of hydrogen-bond acceptors (Lipinski definition) is 2. The molecule has 2 nitrogen and oxygen atoms in total. The van der Waals surface area contributed by atoms with Crippen LogP contribution < -0.4 is 5.32 Å². The van der Waals surface area contributed by atoms with Crippen molar-refractivity contribution in [2.24, 2.45) is 11.3 Å². The van der Waals surface area contributed by atoms with Gasteiger partial charge in [0.2, 0.25) is 0 Å². The third-order valence-corrected chi connectivity index (χ3v) is 4.43. The van der Waals surface area contributed by atoms with Crippen molar-refractivity contribution in [3.8, 4) is 0 Å². The molecular weight excluding hydrogens is 232 g/mol.